The Bertz CT molecular complexity index is 642. The summed E-state index contributed by atoms with van der Waals surface area (Å²) in [6.07, 6.45) is 6.33. The van der Waals surface area contributed by atoms with E-state index in [1.165, 1.54) is 10.6 Å². The Labute approximate surface area is 143 Å². The van der Waals surface area contributed by atoms with E-state index in [1.807, 2.05) is 0 Å². The predicted molar refractivity (Wildman–Crippen MR) is 93.1 cm³/mol. The smallest absolute Gasteiger partial charge is 0.225 e. The van der Waals surface area contributed by atoms with Gasteiger partial charge in [0.1, 0.15) is 0 Å². The van der Waals surface area contributed by atoms with Crippen molar-refractivity contribution in [3.05, 3.63) is 29.3 Å². The molecular weight excluding hydrogens is 336 g/mol. The van der Waals surface area contributed by atoms with Gasteiger partial charge in [0.15, 0.2) is 0 Å². The van der Waals surface area contributed by atoms with Gasteiger partial charge in [0.25, 0.3) is 0 Å². The molecule has 0 radical (unpaired) electrons. The molecule has 1 aromatic carbocycles. The van der Waals surface area contributed by atoms with E-state index in [4.69, 9.17) is 11.6 Å². The van der Waals surface area contributed by atoms with Crippen molar-refractivity contribution >= 4 is 33.2 Å². The number of hydrogen-bond acceptors (Lipinski definition) is 3. The van der Waals surface area contributed by atoms with Crippen molar-refractivity contribution in [2.75, 3.05) is 18.1 Å². The lowest BCUT2D eigenvalue weighted by Gasteiger charge is -2.32. The van der Waals surface area contributed by atoms with Crippen LogP contribution in [0.4, 0.5) is 5.69 Å². The van der Waals surface area contributed by atoms with Crippen LogP contribution in [0.25, 0.3) is 0 Å². The molecule has 5 nitrogen and oxygen atoms in total. The number of nitrogens with zero attached hydrogens (tertiary/aromatic N) is 1. The molecule has 1 fully saturated rings. The fraction of sp³-hybridized carbons (Fsp3) is 0.562. The Kier molecular flexibility index (Phi) is 6.44. The van der Waals surface area contributed by atoms with Gasteiger partial charge in [-0.05, 0) is 25.0 Å². The number of rotatable bonds is 6. The third kappa shape index (κ3) is 5.48. The maximum Gasteiger partial charge on any atom is 0.225 e. The SMILES string of the molecule is CS(=O)(=O)N(CCC(=O)Nc1ccccc1Cl)C1CCCCC1. The van der Waals surface area contributed by atoms with Crippen LogP contribution in [0.1, 0.15) is 38.5 Å². The first kappa shape index (κ1) is 18.2. The fourth-order valence-electron chi connectivity index (χ4n) is 2.98. The molecular formula is C16H23ClN2O3S. The molecule has 0 heterocycles. The van der Waals surface area contributed by atoms with Crippen LogP contribution in [-0.2, 0) is 14.8 Å². The quantitative estimate of drug-likeness (QED) is 0.848. The third-order valence-electron chi connectivity index (χ3n) is 4.12. The molecule has 0 atom stereocenters. The normalized spacial score (nSPS) is 16.5. The Hall–Kier alpha value is -1.11. The summed E-state index contributed by atoms with van der Waals surface area (Å²) in [6.45, 7) is 0.208. The highest BCUT2D eigenvalue weighted by Gasteiger charge is 2.28. The van der Waals surface area contributed by atoms with Gasteiger partial charge >= 0.3 is 0 Å². The van der Waals surface area contributed by atoms with Gasteiger partial charge < -0.3 is 5.32 Å². The molecule has 1 aliphatic carbocycles. The summed E-state index contributed by atoms with van der Waals surface area (Å²) in [7, 11) is -3.31. The minimum atomic E-state index is -3.31. The van der Waals surface area contributed by atoms with Crippen LogP contribution in [0.15, 0.2) is 24.3 Å². The molecule has 1 saturated carbocycles. The van der Waals surface area contributed by atoms with E-state index < -0.39 is 10.0 Å². The van der Waals surface area contributed by atoms with Gasteiger partial charge in [0.2, 0.25) is 15.9 Å². The molecule has 0 aliphatic heterocycles. The van der Waals surface area contributed by atoms with Gasteiger partial charge in [0.05, 0.1) is 17.0 Å². The maximum absolute atomic E-state index is 12.1. The van der Waals surface area contributed by atoms with Crippen LogP contribution >= 0.6 is 11.6 Å². The zero-order valence-electron chi connectivity index (χ0n) is 13.3. The zero-order chi connectivity index (χ0) is 16.9. The lowest BCUT2D eigenvalue weighted by Crippen LogP contribution is -2.42. The molecule has 0 bridgehead atoms. The number of halogens is 1. The van der Waals surface area contributed by atoms with Gasteiger partial charge in [-0.3, -0.25) is 4.79 Å². The number of nitrogens with one attached hydrogen (secondary N) is 1. The molecule has 0 spiro atoms. The number of benzene rings is 1. The molecule has 7 heteroatoms. The Morgan fingerprint density at radius 3 is 2.52 bits per heavy atom. The summed E-state index contributed by atoms with van der Waals surface area (Å²) in [5, 5.41) is 3.19. The summed E-state index contributed by atoms with van der Waals surface area (Å²) in [4.78, 5) is 12.1. The van der Waals surface area contributed by atoms with Crippen LogP contribution < -0.4 is 5.32 Å². The van der Waals surface area contributed by atoms with Crippen LogP contribution in [0.2, 0.25) is 5.02 Å². The molecule has 1 aromatic rings. The average molecular weight is 359 g/mol. The van der Waals surface area contributed by atoms with Crippen molar-refractivity contribution in [1.82, 2.24) is 4.31 Å². The van der Waals surface area contributed by atoms with E-state index in [9.17, 15) is 13.2 Å². The summed E-state index contributed by atoms with van der Waals surface area (Å²) in [5.74, 6) is -0.234. The second kappa shape index (κ2) is 8.13. The minimum absolute atomic E-state index is 0.0202. The van der Waals surface area contributed by atoms with E-state index in [2.05, 4.69) is 5.32 Å². The highest BCUT2D eigenvalue weighted by molar-refractivity contribution is 7.88. The van der Waals surface area contributed by atoms with Crippen LogP contribution in [0, 0.1) is 0 Å². The first-order valence-electron chi connectivity index (χ1n) is 7.89. The van der Waals surface area contributed by atoms with Crippen molar-refractivity contribution in [3.8, 4) is 0 Å². The van der Waals surface area contributed by atoms with E-state index >= 15 is 0 Å². The number of hydrogen-bond donors (Lipinski definition) is 1. The summed E-state index contributed by atoms with van der Waals surface area (Å²) < 4.78 is 25.5. The zero-order valence-corrected chi connectivity index (χ0v) is 14.9. The molecule has 2 rings (SSSR count). The van der Waals surface area contributed by atoms with Crippen LogP contribution in [-0.4, -0.2) is 37.5 Å². The summed E-state index contributed by atoms with van der Waals surface area (Å²) in [6, 6.07) is 7.00. The number of sulfonamides is 1. The first-order valence-corrected chi connectivity index (χ1v) is 10.1. The van der Waals surface area contributed by atoms with Crippen LogP contribution in [0.5, 0.6) is 0 Å². The first-order chi connectivity index (χ1) is 10.9. The van der Waals surface area contributed by atoms with E-state index in [0.717, 1.165) is 32.1 Å². The Morgan fingerprint density at radius 2 is 1.91 bits per heavy atom. The van der Waals surface area contributed by atoms with Crippen molar-refractivity contribution < 1.29 is 13.2 Å². The second-order valence-electron chi connectivity index (χ2n) is 5.94. The van der Waals surface area contributed by atoms with E-state index in [1.54, 1.807) is 24.3 Å². The summed E-state index contributed by atoms with van der Waals surface area (Å²) in [5.41, 5.74) is 0.544. The van der Waals surface area contributed by atoms with Gasteiger partial charge in [-0.2, -0.15) is 4.31 Å². The molecule has 1 N–H and O–H groups in total. The highest BCUT2D eigenvalue weighted by atomic mass is 35.5. The average Bonchev–Trinajstić information content (AvgIpc) is 2.49. The monoisotopic (exact) mass is 358 g/mol. The van der Waals surface area contributed by atoms with Crippen LogP contribution in [0.3, 0.4) is 0 Å². The largest absolute Gasteiger partial charge is 0.325 e. The number of anilines is 1. The third-order valence-corrected chi connectivity index (χ3v) is 5.78. The number of para-hydroxylation sites is 1. The number of carbonyl (C=O) groups is 1. The molecule has 0 unspecified atom stereocenters. The second-order valence-corrected chi connectivity index (χ2v) is 8.29. The molecule has 0 aromatic heterocycles. The predicted octanol–water partition coefficient (Wildman–Crippen LogP) is 3.26. The molecule has 23 heavy (non-hydrogen) atoms. The Morgan fingerprint density at radius 1 is 1.26 bits per heavy atom. The molecule has 1 aliphatic rings. The standard InChI is InChI=1S/C16H23ClN2O3S/c1-23(21,22)19(13-7-3-2-4-8-13)12-11-16(20)18-15-10-6-5-9-14(15)17/h5-6,9-10,13H,2-4,7-8,11-12H2,1H3,(H,18,20). The van der Waals surface area contributed by atoms with Crippen molar-refractivity contribution in [3.63, 3.8) is 0 Å². The van der Waals surface area contributed by atoms with Crippen molar-refractivity contribution in [2.45, 2.75) is 44.6 Å². The minimum Gasteiger partial charge on any atom is -0.325 e. The number of carbonyl (C=O) groups excluding carboxylic acids is 1. The molecule has 1 amide bonds. The number of amides is 1. The van der Waals surface area contributed by atoms with Gasteiger partial charge in [-0.25, -0.2) is 8.42 Å². The fourth-order valence-corrected chi connectivity index (χ4v) is 4.33. The highest BCUT2D eigenvalue weighted by Crippen LogP contribution is 2.25. The maximum atomic E-state index is 12.1. The van der Waals surface area contributed by atoms with Crippen molar-refractivity contribution in [2.24, 2.45) is 0 Å². The Balaban J connectivity index is 1.95. The van der Waals surface area contributed by atoms with E-state index in [0.29, 0.717) is 10.7 Å². The lowest BCUT2D eigenvalue weighted by molar-refractivity contribution is -0.116. The van der Waals surface area contributed by atoms with E-state index in [-0.39, 0.29) is 24.9 Å². The van der Waals surface area contributed by atoms with Crippen molar-refractivity contribution in [1.29, 1.82) is 0 Å². The molecule has 0 saturated heterocycles. The van der Waals surface area contributed by atoms with Gasteiger partial charge in [0, 0.05) is 19.0 Å². The molecule has 128 valence electrons. The topological polar surface area (TPSA) is 66.5 Å². The lowest BCUT2D eigenvalue weighted by atomic mass is 9.95. The van der Waals surface area contributed by atoms with Gasteiger partial charge in [-0.1, -0.05) is 43.0 Å². The summed E-state index contributed by atoms with van der Waals surface area (Å²) >= 11 is 6.00. The van der Waals surface area contributed by atoms with Gasteiger partial charge in [-0.15, -0.1) is 0 Å².